The van der Waals surface area contributed by atoms with Crippen molar-refractivity contribution in [3.63, 3.8) is 0 Å². The number of benzene rings is 1. The maximum absolute atomic E-state index is 9.22. The smallest absolute Gasteiger partial charge is 0.0367 e. The molecule has 3 nitrogen and oxygen atoms in total. The maximum atomic E-state index is 9.22. The van der Waals surface area contributed by atoms with E-state index < -0.39 is 6.10 Å². The summed E-state index contributed by atoms with van der Waals surface area (Å²) in [4.78, 5) is 4.64. The first-order valence-corrected chi connectivity index (χ1v) is 5.79. The third-order valence-electron chi connectivity index (χ3n) is 2.96. The molecule has 4 heteroatoms. The van der Waals surface area contributed by atoms with Crippen molar-refractivity contribution >= 4 is 5.69 Å². The standard InChI is InChI=1S/C13H19N2O.Y/c1-12(16)11-14-7-9-15(10-8-14)13-5-3-2-4-6-13;/h2-6,12,16H,1,7-11H2;/q-1;. The number of nitrogens with zero attached hydrogens (tertiary/aromatic N) is 2. The second-order valence-electron chi connectivity index (χ2n) is 4.28. The van der Waals surface area contributed by atoms with Crippen molar-refractivity contribution in [3.05, 3.63) is 37.3 Å². The van der Waals surface area contributed by atoms with Crippen molar-refractivity contribution in [1.29, 1.82) is 0 Å². The average Bonchev–Trinajstić information content (AvgIpc) is 2.30. The molecule has 0 bridgehead atoms. The molecule has 1 heterocycles. The largest absolute Gasteiger partial charge is 0.424 e. The number of β-amino-alcohol motifs (C(OH)–C–C–N with tert-alkyl or cyclic N) is 1. The molecule has 0 amide bonds. The molecule has 2 rings (SSSR count). The fraction of sp³-hybridized carbons (Fsp3) is 0.462. The minimum atomic E-state index is -0.469. The van der Waals surface area contributed by atoms with Crippen molar-refractivity contribution in [2.24, 2.45) is 0 Å². The van der Waals surface area contributed by atoms with Crippen LogP contribution in [0.4, 0.5) is 5.69 Å². The minimum Gasteiger partial charge on any atom is -0.424 e. The average molecular weight is 308 g/mol. The summed E-state index contributed by atoms with van der Waals surface area (Å²) in [6.45, 7) is 8.35. The molecule has 1 aromatic rings. The normalized spacial score (nSPS) is 18.6. The number of aliphatic hydroxyl groups excluding tert-OH is 1. The van der Waals surface area contributed by atoms with Crippen LogP contribution in [0.15, 0.2) is 30.3 Å². The summed E-state index contributed by atoms with van der Waals surface area (Å²) in [6, 6.07) is 10.5. The van der Waals surface area contributed by atoms with Crippen molar-refractivity contribution < 1.29 is 37.8 Å². The summed E-state index contributed by atoms with van der Waals surface area (Å²) in [7, 11) is 0. The SMILES string of the molecule is [CH2-]C(O)CN1CCN(c2ccccc2)CC1.[Y]. The number of para-hydroxylation sites is 1. The number of hydrogen-bond acceptors (Lipinski definition) is 3. The van der Waals surface area contributed by atoms with Gasteiger partial charge in [-0.1, -0.05) is 24.3 Å². The molecular formula is C13H19N2OY-. The Balaban J connectivity index is 0.00000144. The van der Waals surface area contributed by atoms with Gasteiger partial charge in [0.25, 0.3) is 0 Å². The summed E-state index contributed by atoms with van der Waals surface area (Å²) in [5.74, 6) is 0. The maximum Gasteiger partial charge on any atom is 0.0367 e. The van der Waals surface area contributed by atoms with E-state index >= 15 is 0 Å². The van der Waals surface area contributed by atoms with E-state index in [-0.39, 0.29) is 32.7 Å². The molecule has 0 aliphatic carbocycles. The zero-order chi connectivity index (χ0) is 11.4. The van der Waals surface area contributed by atoms with Crippen LogP contribution in [0, 0.1) is 6.92 Å². The van der Waals surface area contributed by atoms with Gasteiger partial charge in [-0.3, -0.25) is 4.90 Å². The van der Waals surface area contributed by atoms with Gasteiger partial charge in [-0.05, 0) is 18.7 Å². The Labute approximate surface area is 129 Å². The number of anilines is 1. The Morgan fingerprint density at radius 1 is 1.12 bits per heavy atom. The molecule has 91 valence electrons. The van der Waals surface area contributed by atoms with Crippen molar-refractivity contribution in [2.75, 3.05) is 37.6 Å². The van der Waals surface area contributed by atoms with E-state index in [0.29, 0.717) is 6.54 Å². The Hall–Kier alpha value is 0.0439. The predicted octanol–water partition coefficient (Wildman–Crippen LogP) is 1.00. The Bertz CT molecular complexity index is 310. The van der Waals surface area contributed by atoms with Gasteiger partial charge < -0.3 is 16.9 Å². The van der Waals surface area contributed by atoms with Gasteiger partial charge in [0.15, 0.2) is 0 Å². The van der Waals surface area contributed by atoms with Crippen LogP contribution in [-0.4, -0.2) is 48.8 Å². The Morgan fingerprint density at radius 2 is 1.71 bits per heavy atom. The first kappa shape index (κ1) is 15.1. The topological polar surface area (TPSA) is 26.7 Å². The van der Waals surface area contributed by atoms with Gasteiger partial charge in [0, 0.05) is 64.6 Å². The summed E-state index contributed by atoms with van der Waals surface area (Å²) in [6.07, 6.45) is -0.469. The number of aliphatic hydroxyl groups is 1. The Kier molecular flexibility index (Phi) is 6.64. The fourth-order valence-electron chi connectivity index (χ4n) is 2.13. The van der Waals surface area contributed by atoms with Crippen LogP contribution < -0.4 is 4.90 Å². The third-order valence-corrected chi connectivity index (χ3v) is 2.96. The van der Waals surface area contributed by atoms with Gasteiger partial charge in [-0.15, -0.1) is 0 Å². The van der Waals surface area contributed by atoms with Gasteiger partial charge in [0.05, 0.1) is 0 Å². The molecule has 1 unspecified atom stereocenters. The molecule has 0 spiro atoms. The van der Waals surface area contributed by atoms with Gasteiger partial charge in [-0.25, -0.2) is 0 Å². The second kappa shape index (κ2) is 7.47. The van der Waals surface area contributed by atoms with Crippen LogP contribution in [0.25, 0.3) is 0 Å². The molecule has 1 aromatic carbocycles. The quantitative estimate of drug-likeness (QED) is 0.844. The van der Waals surface area contributed by atoms with Crippen LogP contribution in [0.5, 0.6) is 0 Å². The van der Waals surface area contributed by atoms with E-state index in [1.165, 1.54) is 5.69 Å². The summed E-state index contributed by atoms with van der Waals surface area (Å²) in [5.41, 5.74) is 1.29. The zero-order valence-electron chi connectivity index (χ0n) is 10.1. The zero-order valence-corrected chi connectivity index (χ0v) is 13.0. The first-order valence-electron chi connectivity index (χ1n) is 5.79. The molecule has 1 saturated heterocycles. The number of rotatable bonds is 3. The molecule has 1 fully saturated rings. The molecule has 0 aromatic heterocycles. The Morgan fingerprint density at radius 3 is 2.24 bits per heavy atom. The van der Waals surface area contributed by atoms with E-state index in [4.69, 9.17) is 0 Å². The van der Waals surface area contributed by atoms with Crippen LogP contribution in [0.2, 0.25) is 0 Å². The molecule has 1 N–H and O–H groups in total. The van der Waals surface area contributed by atoms with Crippen molar-refractivity contribution in [3.8, 4) is 0 Å². The van der Waals surface area contributed by atoms with E-state index in [2.05, 4.69) is 41.0 Å². The molecule has 1 radical (unpaired) electrons. The summed E-state index contributed by atoms with van der Waals surface area (Å²) < 4.78 is 0. The predicted molar refractivity (Wildman–Crippen MR) is 66.5 cm³/mol. The van der Waals surface area contributed by atoms with Crippen LogP contribution in [0.1, 0.15) is 0 Å². The van der Waals surface area contributed by atoms with Crippen LogP contribution >= 0.6 is 0 Å². The van der Waals surface area contributed by atoms with Crippen molar-refractivity contribution in [2.45, 2.75) is 6.10 Å². The van der Waals surface area contributed by atoms with Gasteiger partial charge in [-0.2, -0.15) is 0 Å². The van der Waals surface area contributed by atoms with Gasteiger partial charge in [0.2, 0.25) is 0 Å². The molecule has 17 heavy (non-hydrogen) atoms. The van der Waals surface area contributed by atoms with E-state index in [1.807, 2.05) is 6.07 Å². The van der Waals surface area contributed by atoms with E-state index in [1.54, 1.807) is 0 Å². The molecule has 1 aliphatic rings. The second-order valence-corrected chi connectivity index (χ2v) is 4.28. The summed E-state index contributed by atoms with van der Waals surface area (Å²) in [5, 5.41) is 9.22. The number of piperazine rings is 1. The van der Waals surface area contributed by atoms with Gasteiger partial charge in [0.1, 0.15) is 0 Å². The molecular weight excluding hydrogens is 289 g/mol. The van der Waals surface area contributed by atoms with E-state index in [9.17, 15) is 5.11 Å². The number of hydrogen-bond donors (Lipinski definition) is 1. The van der Waals surface area contributed by atoms with Crippen LogP contribution in [-0.2, 0) is 32.7 Å². The molecule has 0 saturated carbocycles. The molecule has 1 aliphatic heterocycles. The fourth-order valence-corrected chi connectivity index (χ4v) is 2.13. The van der Waals surface area contributed by atoms with Crippen molar-refractivity contribution in [1.82, 2.24) is 4.90 Å². The van der Waals surface area contributed by atoms with Crippen LogP contribution in [0.3, 0.4) is 0 Å². The minimum absolute atomic E-state index is 0. The third kappa shape index (κ3) is 4.67. The summed E-state index contributed by atoms with van der Waals surface area (Å²) >= 11 is 0. The van der Waals surface area contributed by atoms with E-state index in [0.717, 1.165) is 26.2 Å². The monoisotopic (exact) mass is 308 g/mol. The molecule has 1 atom stereocenters. The van der Waals surface area contributed by atoms with Gasteiger partial charge >= 0.3 is 0 Å². The first-order chi connectivity index (χ1) is 7.75.